The first-order valence-corrected chi connectivity index (χ1v) is 8.24. The van der Waals surface area contributed by atoms with E-state index in [9.17, 15) is 4.79 Å². The highest BCUT2D eigenvalue weighted by atomic mass is 35.5. The van der Waals surface area contributed by atoms with Crippen molar-refractivity contribution in [2.24, 2.45) is 0 Å². The van der Waals surface area contributed by atoms with Crippen molar-refractivity contribution in [3.63, 3.8) is 0 Å². The van der Waals surface area contributed by atoms with Gasteiger partial charge in [-0.25, -0.2) is 0 Å². The van der Waals surface area contributed by atoms with Crippen LogP contribution in [0, 0.1) is 0 Å². The van der Waals surface area contributed by atoms with Crippen molar-refractivity contribution in [1.82, 2.24) is 4.90 Å². The van der Waals surface area contributed by atoms with Crippen molar-refractivity contribution in [3.8, 4) is 11.5 Å². The van der Waals surface area contributed by atoms with Gasteiger partial charge in [-0.1, -0.05) is 11.6 Å². The van der Waals surface area contributed by atoms with Crippen LogP contribution in [0.15, 0.2) is 36.4 Å². The Balaban J connectivity index is 1.92. The van der Waals surface area contributed by atoms with E-state index in [0.717, 1.165) is 17.7 Å². The lowest BCUT2D eigenvalue weighted by Gasteiger charge is -2.36. The second-order valence-electron chi connectivity index (χ2n) is 5.84. The maximum absolute atomic E-state index is 12.8. The molecule has 0 radical (unpaired) electrons. The predicted molar refractivity (Wildman–Crippen MR) is 94.2 cm³/mol. The Kier molecular flexibility index (Phi) is 4.67. The Morgan fingerprint density at radius 3 is 2.38 bits per heavy atom. The molecule has 0 bridgehead atoms. The number of halogens is 1. The van der Waals surface area contributed by atoms with Crippen LogP contribution < -0.4 is 9.47 Å². The fourth-order valence-electron chi connectivity index (χ4n) is 3.18. The van der Waals surface area contributed by atoms with Gasteiger partial charge in [0.05, 0.1) is 20.3 Å². The summed E-state index contributed by atoms with van der Waals surface area (Å²) in [5.41, 5.74) is 2.94. The molecule has 4 nitrogen and oxygen atoms in total. The van der Waals surface area contributed by atoms with Crippen LogP contribution in [0.4, 0.5) is 0 Å². The van der Waals surface area contributed by atoms with E-state index < -0.39 is 0 Å². The maximum Gasteiger partial charge on any atom is 0.254 e. The van der Waals surface area contributed by atoms with E-state index in [1.54, 1.807) is 38.5 Å². The molecule has 0 saturated heterocycles. The summed E-state index contributed by atoms with van der Waals surface area (Å²) >= 11 is 5.91. The smallest absolute Gasteiger partial charge is 0.254 e. The van der Waals surface area contributed by atoms with Gasteiger partial charge < -0.3 is 14.4 Å². The van der Waals surface area contributed by atoms with Crippen molar-refractivity contribution < 1.29 is 14.3 Å². The highest BCUT2D eigenvalue weighted by Crippen LogP contribution is 2.38. The summed E-state index contributed by atoms with van der Waals surface area (Å²) in [7, 11) is 3.25. The molecule has 0 aliphatic carbocycles. The van der Waals surface area contributed by atoms with Crippen LogP contribution in [-0.2, 0) is 6.42 Å². The van der Waals surface area contributed by atoms with Crippen LogP contribution in [0.3, 0.4) is 0 Å². The molecule has 24 heavy (non-hydrogen) atoms. The van der Waals surface area contributed by atoms with Crippen LogP contribution in [0.1, 0.15) is 34.5 Å². The second kappa shape index (κ2) is 6.73. The fourth-order valence-corrected chi connectivity index (χ4v) is 3.31. The van der Waals surface area contributed by atoms with Gasteiger partial charge >= 0.3 is 0 Å². The Bertz CT molecular complexity index is 758. The molecule has 2 aromatic rings. The number of carbonyl (C=O) groups excluding carboxylic acids is 1. The quantitative estimate of drug-likeness (QED) is 0.840. The molecule has 3 rings (SSSR count). The summed E-state index contributed by atoms with van der Waals surface area (Å²) in [6.07, 6.45) is 0.791. The molecule has 1 aliphatic heterocycles. The first-order chi connectivity index (χ1) is 11.5. The lowest BCUT2D eigenvalue weighted by molar-refractivity contribution is 0.0677. The number of methoxy groups -OCH3 is 2. The van der Waals surface area contributed by atoms with Crippen LogP contribution >= 0.6 is 11.6 Å². The zero-order chi connectivity index (χ0) is 17.3. The number of ether oxygens (including phenoxy) is 2. The molecule has 2 aromatic carbocycles. The normalized spacial score (nSPS) is 16.5. The number of carbonyl (C=O) groups is 1. The number of hydrogen-bond acceptors (Lipinski definition) is 3. The minimum absolute atomic E-state index is 0.0135. The summed E-state index contributed by atoms with van der Waals surface area (Å²) < 4.78 is 10.8. The van der Waals surface area contributed by atoms with E-state index in [1.165, 1.54) is 5.56 Å². The van der Waals surface area contributed by atoms with Crippen LogP contribution in [-0.4, -0.2) is 31.6 Å². The molecule has 1 aliphatic rings. The molecule has 1 unspecified atom stereocenters. The van der Waals surface area contributed by atoms with E-state index in [1.807, 2.05) is 24.0 Å². The van der Waals surface area contributed by atoms with Gasteiger partial charge in [-0.05, 0) is 60.9 Å². The van der Waals surface area contributed by atoms with E-state index in [4.69, 9.17) is 21.1 Å². The number of fused-ring (bicyclic) bond motifs is 1. The second-order valence-corrected chi connectivity index (χ2v) is 6.27. The highest BCUT2D eigenvalue weighted by Gasteiger charge is 2.29. The molecule has 1 amide bonds. The molecule has 0 aromatic heterocycles. The van der Waals surface area contributed by atoms with E-state index in [0.29, 0.717) is 22.9 Å². The number of nitrogens with zero attached hydrogens (tertiary/aromatic N) is 1. The minimum Gasteiger partial charge on any atom is -0.493 e. The fraction of sp³-hybridized carbons (Fsp3) is 0.316. The zero-order valence-electron chi connectivity index (χ0n) is 14.0. The molecule has 0 spiro atoms. The predicted octanol–water partition coefficient (Wildman–Crippen LogP) is 4.12. The van der Waals surface area contributed by atoms with Gasteiger partial charge in [0.1, 0.15) is 0 Å². The summed E-state index contributed by atoms with van der Waals surface area (Å²) in [6, 6.07) is 11.0. The Morgan fingerprint density at radius 2 is 1.75 bits per heavy atom. The van der Waals surface area contributed by atoms with Crippen molar-refractivity contribution in [2.75, 3.05) is 20.8 Å². The molecule has 1 heterocycles. The van der Waals surface area contributed by atoms with Gasteiger partial charge in [-0.15, -0.1) is 0 Å². The number of benzene rings is 2. The van der Waals surface area contributed by atoms with Crippen molar-refractivity contribution in [1.29, 1.82) is 0 Å². The third kappa shape index (κ3) is 2.94. The molecule has 5 heteroatoms. The number of hydrogen-bond donors (Lipinski definition) is 0. The van der Waals surface area contributed by atoms with Gasteiger partial charge in [-0.3, -0.25) is 4.79 Å². The SMILES string of the molecule is COc1cc2c(cc1OC)C(C)N(C(=O)c1ccc(Cl)cc1)CC2. The molecule has 0 fully saturated rings. The van der Waals surface area contributed by atoms with Gasteiger partial charge in [0.2, 0.25) is 0 Å². The molecule has 126 valence electrons. The average Bonchev–Trinajstić information content (AvgIpc) is 2.61. The highest BCUT2D eigenvalue weighted by molar-refractivity contribution is 6.30. The summed E-state index contributed by atoms with van der Waals surface area (Å²) in [4.78, 5) is 14.7. The Hall–Kier alpha value is -2.20. The largest absolute Gasteiger partial charge is 0.493 e. The lowest BCUT2D eigenvalue weighted by Crippen LogP contribution is -2.38. The Labute approximate surface area is 146 Å². The maximum atomic E-state index is 12.8. The third-order valence-electron chi connectivity index (χ3n) is 4.54. The van der Waals surface area contributed by atoms with Crippen LogP contribution in [0.25, 0.3) is 0 Å². The minimum atomic E-state index is -0.0308. The topological polar surface area (TPSA) is 38.8 Å². The summed E-state index contributed by atoms with van der Waals surface area (Å²) in [5.74, 6) is 1.42. The van der Waals surface area contributed by atoms with Gasteiger partial charge in [0.15, 0.2) is 11.5 Å². The van der Waals surface area contributed by atoms with Gasteiger partial charge in [0.25, 0.3) is 5.91 Å². The summed E-state index contributed by atoms with van der Waals surface area (Å²) in [6.45, 7) is 2.71. The van der Waals surface area contributed by atoms with E-state index in [2.05, 4.69) is 0 Å². The van der Waals surface area contributed by atoms with Crippen LogP contribution in [0.5, 0.6) is 11.5 Å². The molecule has 0 N–H and O–H groups in total. The standard InChI is InChI=1S/C19H20ClNO3/c1-12-16-11-18(24-3)17(23-2)10-14(16)8-9-21(12)19(22)13-4-6-15(20)7-5-13/h4-7,10-12H,8-9H2,1-3H3. The van der Waals surface area contributed by atoms with Crippen molar-refractivity contribution in [2.45, 2.75) is 19.4 Å². The van der Waals surface area contributed by atoms with Gasteiger partial charge in [0, 0.05) is 17.1 Å². The molecule has 0 saturated carbocycles. The molecule has 1 atom stereocenters. The average molecular weight is 346 g/mol. The zero-order valence-corrected chi connectivity index (χ0v) is 14.8. The summed E-state index contributed by atoms with van der Waals surface area (Å²) in [5, 5.41) is 0.625. The molecular formula is C19H20ClNO3. The first kappa shape index (κ1) is 16.7. The number of amides is 1. The lowest BCUT2D eigenvalue weighted by atomic mass is 9.92. The van der Waals surface area contributed by atoms with Crippen LogP contribution in [0.2, 0.25) is 5.02 Å². The first-order valence-electron chi connectivity index (χ1n) is 7.86. The van der Waals surface area contributed by atoms with E-state index >= 15 is 0 Å². The van der Waals surface area contributed by atoms with Gasteiger partial charge in [-0.2, -0.15) is 0 Å². The van der Waals surface area contributed by atoms with Crippen molar-refractivity contribution in [3.05, 3.63) is 58.1 Å². The monoisotopic (exact) mass is 345 g/mol. The Morgan fingerprint density at radius 1 is 1.12 bits per heavy atom. The van der Waals surface area contributed by atoms with E-state index in [-0.39, 0.29) is 11.9 Å². The number of rotatable bonds is 3. The third-order valence-corrected chi connectivity index (χ3v) is 4.79. The molecular weight excluding hydrogens is 326 g/mol. The van der Waals surface area contributed by atoms with Crippen molar-refractivity contribution >= 4 is 17.5 Å².